The normalized spacial score (nSPS) is 17.1. The summed E-state index contributed by atoms with van der Waals surface area (Å²) in [5.41, 5.74) is 4.95. The molecule has 1 aliphatic heterocycles. The molecule has 0 saturated heterocycles. The lowest BCUT2D eigenvalue weighted by molar-refractivity contribution is -0.118. The van der Waals surface area contributed by atoms with Crippen molar-refractivity contribution < 1.29 is 9.59 Å². The molecule has 34 heavy (non-hydrogen) atoms. The summed E-state index contributed by atoms with van der Waals surface area (Å²) in [5, 5.41) is 10.8. The summed E-state index contributed by atoms with van der Waals surface area (Å²) >= 11 is 3.49. The molecule has 1 aliphatic rings. The fourth-order valence-corrected chi connectivity index (χ4v) is 4.75. The van der Waals surface area contributed by atoms with Crippen molar-refractivity contribution in [3.05, 3.63) is 111 Å². The fourth-order valence-electron chi connectivity index (χ4n) is 4.49. The van der Waals surface area contributed by atoms with E-state index in [1.807, 2.05) is 86.6 Å². The standard InChI is InChI=1S/C27H23BrN4O2/c1-16-7-6-8-19(15-16)26(33)29-24-23(18-11-13-20(28)14-12-18)22-17(2)31-32(25(22)30-27(24)34)21-9-4-3-5-10-21/h3-15,23-24H,1-2H3,(H,29,33)(H,30,34)/t23-,24+/m0/s1. The average molecular weight is 515 g/mol. The molecule has 2 heterocycles. The molecule has 0 unspecified atom stereocenters. The molecule has 1 aromatic heterocycles. The van der Waals surface area contributed by atoms with Gasteiger partial charge in [0, 0.05) is 21.5 Å². The molecule has 2 amide bonds. The van der Waals surface area contributed by atoms with Crippen LogP contribution in [0.4, 0.5) is 5.82 Å². The van der Waals surface area contributed by atoms with Crippen molar-refractivity contribution in [1.82, 2.24) is 15.1 Å². The van der Waals surface area contributed by atoms with E-state index in [4.69, 9.17) is 5.10 Å². The Labute approximate surface area is 206 Å². The molecule has 0 saturated carbocycles. The third kappa shape index (κ3) is 4.03. The minimum atomic E-state index is -0.797. The minimum Gasteiger partial charge on any atom is -0.339 e. The number of nitrogens with one attached hydrogen (secondary N) is 2. The van der Waals surface area contributed by atoms with Gasteiger partial charge in [-0.25, -0.2) is 4.68 Å². The number of hydrogen-bond donors (Lipinski definition) is 2. The van der Waals surface area contributed by atoms with E-state index in [1.54, 1.807) is 10.7 Å². The molecule has 6 nitrogen and oxygen atoms in total. The lowest BCUT2D eigenvalue weighted by Gasteiger charge is -2.33. The third-order valence-corrected chi connectivity index (χ3v) is 6.60. The molecule has 4 aromatic rings. The number of rotatable bonds is 4. The molecule has 0 spiro atoms. The van der Waals surface area contributed by atoms with Crippen molar-refractivity contribution in [2.75, 3.05) is 5.32 Å². The molecule has 2 N–H and O–H groups in total. The first-order chi connectivity index (χ1) is 16.4. The van der Waals surface area contributed by atoms with Gasteiger partial charge in [0.25, 0.3) is 5.91 Å². The second-order valence-electron chi connectivity index (χ2n) is 8.43. The monoisotopic (exact) mass is 514 g/mol. The van der Waals surface area contributed by atoms with Crippen LogP contribution in [0.5, 0.6) is 0 Å². The van der Waals surface area contributed by atoms with Crippen molar-refractivity contribution in [3.8, 4) is 5.69 Å². The van der Waals surface area contributed by atoms with Crippen molar-refractivity contribution in [1.29, 1.82) is 0 Å². The number of carbonyl (C=O) groups is 2. The molecular weight excluding hydrogens is 492 g/mol. The highest BCUT2D eigenvalue weighted by Crippen LogP contribution is 2.40. The Hall–Kier alpha value is -3.71. The number of hydrogen-bond acceptors (Lipinski definition) is 3. The summed E-state index contributed by atoms with van der Waals surface area (Å²) in [7, 11) is 0. The van der Waals surface area contributed by atoms with Gasteiger partial charge in [0.2, 0.25) is 5.91 Å². The maximum atomic E-state index is 13.5. The van der Waals surface area contributed by atoms with Gasteiger partial charge in [-0.1, -0.05) is 64.0 Å². The fraction of sp³-hybridized carbons (Fsp3) is 0.148. The van der Waals surface area contributed by atoms with Gasteiger partial charge in [0.1, 0.15) is 11.9 Å². The van der Waals surface area contributed by atoms with Gasteiger partial charge < -0.3 is 10.6 Å². The zero-order valence-corrected chi connectivity index (χ0v) is 20.3. The number of aromatic nitrogens is 2. The highest BCUT2D eigenvalue weighted by atomic mass is 79.9. The predicted molar refractivity (Wildman–Crippen MR) is 135 cm³/mol. The molecule has 3 aromatic carbocycles. The van der Waals surface area contributed by atoms with Gasteiger partial charge in [-0.2, -0.15) is 5.10 Å². The van der Waals surface area contributed by atoms with Crippen molar-refractivity contribution in [3.63, 3.8) is 0 Å². The average Bonchev–Trinajstić information content (AvgIpc) is 3.16. The molecule has 0 radical (unpaired) electrons. The van der Waals surface area contributed by atoms with Crippen LogP contribution in [0, 0.1) is 13.8 Å². The van der Waals surface area contributed by atoms with Gasteiger partial charge in [-0.3, -0.25) is 9.59 Å². The number of para-hydroxylation sites is 1. The lowest BCUT2D eigenvalue weighted by Crippen LogP contribution is -2.50. The van der Waals surface area contributed by atoms with Crippen LogP contribution in [0.3, 0.4) is 0 Å². The highest BCUT2D eigenvalue weighted by Gasteiger charge is 2.41. The summed E-state index contributed by atoms with van der Waals surface area (Å²) in [4.78, 5) is 26.6. The van der Waals surface area contributed by atoms with E-state index in [-0.39, 0.29) is 11.8 Å². The predicted octanol–water partition coefficient (Wildman–Crippen LogP) is 5.13. The Morgan fingerprint density at radius 1 is 1.00 bits per heavy atom. The minimum absolute atomic E-state index is 0.279. The molecular formula is C27H23BrN4O2. The Bertz CT molecular complexity index is 1380. The van der Waals surface area contributed by atoms with Gasteiger partial charge in [0.05, 0.1) is 11.4 Å². The second-order valence-corrected chi connectivity index (χ2v) is 9.35. The van der Waals surface area contributed by atoms with Crippen LogP contribution in [0.25, 0.3) is 5.69 Å². The number of nitrogens with zero attached hydrogens (tertiary/aromatic N) is 2. The molecule has 7 heteroatoms. The SMILES string of the molecule is Cc1cccc(C(=O)N[C@H]2C(=O)Nc3c(c(C)nn3-c3ccccc3)[C@@H]2c2ccc(Br)cc2)c1. The summed E-state index contributed by atoms with van der Waals surface area (Å²) in [6.45, 7) is 3.86. The van der Waals surface area contributed by atoms with E-state index in [9.17, 15) is 9.59 Å². The van der Waals surface area contributed by atoms with E-state index < -0.39 is 12.0 Å². The number of anilines is 1. The zero-order valence-electron chi connectivity index (χ0n) is 18.7. The van der Waals surface area contributed by atoms with Crippen LogP contribution in [0.1, 0.15) is 38.7 Å². The van der Waals surface area contributed by atoms with Crippen molar-refractivity contribution in [2.45, 2.75) is 25.8 Å². The number of amides is 2. The second kappa shape index (κ2) is 8.91. The van der Waals surface area contributed by atoms with Gasteiger partial charge >= 0.3 is 0 Å². The van der Waals surface area contributed by atoms with Gasteiger partial charge in [-0.15, -0.1) is 0 Å². The largest absolute Gasteiger partial charge is 0.339 e. The van der Waals surface area contributed by atoms with E-state index in [2.05, 4.69) is 26.6 Å². The van der Waals surface area contributed by atoms with Gasteiger partial charge in [0.15, 0.2) is 0 Å². The quantitative estimate of drug-likeness (QED) is 0.396. The number of carbonyl (C=O) groups excluding carboxylic acids is 2. The Morgan fingerprint density at radius 2 is 1.74 bits per heavy atom. The van der Waals surface area contributed by atoms with Crippen molar-refractivity contribution >= 4 is 33.6 Å². The highest BCUT2D eigenvalue weighted by molar-refractivity contribution is 9.10. The van der Waals surface area contributed by atoms with Crippen LogP contribution in [0.15, 0.2) is 83.3 Å². The first-order valence-electron chi connectivity index (χ1n) is 11.0. The number of halogens is 1. The lowest BCUT2D eigenvalue weighted by atomic mass is 9.82. The molecule has 2 atom stereocenters. The molecule has 0 bridgehead atoms. The zero-order chi connectivity index (χ0) is 23.8. The third-order valence-electron chi connectivity index (χ3n) is 6.07. The Balaban J connectivity index is 1.62. The topological polar surface area (TPSA) is 76.0 Å². The van der Waals surface area contributed by atoms with Gasteiger partial charge in [-0.05, 0) is 55.8 Å². The van der Waals surface area contributed by atoms with E-state index >= 15 is 0 Å². The van der Waals surface area contributed by atoms with Crippen LogP contribution in [-0.4, -0.2) is 27.6 Å². The first kappa shape index (κ1) is 22.1. The summed E-state index contributed by atoms with van der Waals surface area (Å²) in [5.74, 6) is -0.341. The maximum absolute atomic E-state index is 13.5. The Morgan fingerprint density at radius 3 is 2.44 bits per heavy atom. The van der Waals surface area contributed by atoms with Crippen LogP contribution in [-0.2, 0) is 4.79 Å². The van der Waals surface area contributed by atoms with E-state index in [1.165, 1.54) is 0 Å². The number of fused-ring (bicyclic) bond motifs is 1. The van der Waals surface area contributed by atoms with Crippen LogP contribution in [0.2, 0.25) is 0 Å². The first-order valence-corrected chi connectivity index (χ1v) is 11.8. The molecule has 5 rings (SSSR count). The van der Waals surface area contributed by atoms with Crippen LogP contribution >= 0.6 is 15.9 Å². The van der Waals surface area contributed by atoms with Crippen molar-refractivity contribution in [2.24, 2.45) is 0 Å². The van der Waals surface area contributed by atoms with Crippen LogP contribution < -0.4 is 10.6 Å². The molecule has 0 fully saturated rings. The smallest absolute Gasteiger partial charge is 0.251 e. The molecule has 0 aliphatic carbocycles. The maximum Gasteiger partial charge on any atom is 0.251 e. The number of aryl methyl sites for hydroxylation is 2. The Kier molecular flexibility index (Phi) is 5.79. The molecule has 170 valence electrons. The number of benzene rings is 3. The van der Waals surface area contributed by atoms with E-state index in [0.29, 0.717) is 11.4 Å². The summed E-state index contributed by atoms with van der Waals surface area (Å²) in [6, 6.07) is 24.1. The van der Waals surface area contributed by atoms with E-state index in [0.717, 1.165) is 32.5 Å². The summed E-state index contributed by atoms with van der Waals surface area (Å²) < 4.78 is 2.70. The summed E-state index contributed by atoms with van der Waals surface area (Å²) in [6.07, 6.45) is 0.